The lowest BCUT2D eigenvalue weighted by Gasteiger charge is -1.96. The fourth-order valence-electron chi connectivity index (χ4n) is 1.26. The third kappa shape index (κ3) is 2.26. The van der Waals surface area contributed by atoms with Crippen molar-refractivity contribution >= 4 is 23.2 Å². The summed E-state index contributed by atoms with van der Waals surface area (Å²) in [7, 11) is -1.44. The summed E-state index contributed by atoms with van der Waals surface area (Å²) in [5, 5.41) is 17.9. The molecule has 0 aliphatic rings. The van der Waals surface area contributed by atoms with Gasteiger partial charge in [-0.15, -0.1) is 11.3 Å². The molecule has 0 saturated heterocycles. The topological polar surface area (TPSA) is 40.5 Å². The Morgan fingerprint density at radius 3 is 2.20 bits per heavy atom. The number of thiophene rings is 1. The Bertz CT molecular complexity index is 453. The van der Waals surface area contributed by atoms with Crippen molar-refractivity contribution in [2.45, 2.75) is 0 Å². The molecule has 0 bridgehead atoms. The van der Waals surface area contributed by atoms with E-state index in [1.807, 2.05) is 0 Å². The summed E-state index contributed by atoms with van der Waals surface area (Å²) in [6.45, 7) is 0. The van der Waals surface area contributed by atoms with Crippen molar-refractivity contribution in [1.82, 2.24) is 0 Å². The van der Waals surface area contributed by atoms with Crippen LogP contribution in [0.2, 0.25) is 0 Å². The van der Waals surface area contributed by atoms with Crippen molar-refractivity contribution < 1.29 is 14.4 Å². The molecular weight excluding hydrogens is 214 g/mol. The minimum atomic E-state index is -1.44. The predicted octanol–water partition coefficient (Wildman–Crippen LogP) is 1.23. The maximum absolute atomic E-state index is 12.7. The SMILES string of the molecule is OB(O)c1ccc(-c2ccc(F)cc2)s1. The molecule has 2 aromatic rings. The smallest absolute Gasteiger partial charge is 0.423 e. The summed E-state index contributed by atoms with van der Waals surface area (Å²) in [6, 6.07) is 9.51. The van der Waals surface area contributed by atoms with Crippen LogP contribution in [0.1, 0.15) is 0 Å². The Balaban J connectivity index is 2.33. The van der Waals surface area contributed by atoms with E-state index in [0.29, 0.717) is 4.78 Å². The first kappa shape index (κ1) is 10.4. The molecule has 2 nitrogen and oxygen atoms in total. The third-order valence-corrected chi connectivity index (χ3v) is 3.18. The van der Waals surface area contributed by atoms with Gasteiger partial charge in [0.15, 0.2) is 0 Å². The second kappa shape index (κ2) is 4.14. The number of benzene rings is 1. The number of hydrogen-bond donors (Lipinski definition) is 2. The van der Waals surface area contributed by atoms with E-state index in [0.717, 1.165) is 10.4 Å². The fourth-order valence-corrected chi connectivity index (χ4v) is 2.15. The maximum atomic E-state index is 12.7. The summed E-state index contributed by atoms with van der Waals surface area (Å²) in [4.78, 5) is 0.887. The average molecular weight is 222 g/mol. The van der Waals surface area contributed by atoms with Gasteiger partial charge in [-0.05, 0) is 23.8 Å². The van der Waals surface area contributed by atoms with Gasteiger partial charge in [0.05, 0.1) is 0 Å². The van der Waals surface area contributed by atoms with E-state index in [9.17, 15) is 4.39 Å². The van der Waals surface area contributed by atoms with Gasteiger partial charge >= 0.3 is 7.12 Å². The van der Waals surface area contributed by atoms with E-state index in [1.165, 1.54) is 23.5 Å². The second-order valence-electron chi connectivity index (χ2n) is 3.08. The molecule has 2 rings (SSSR count). The van der Waals surface area contributed by atoms with E-state index in [2.05, 4.69) is 0 Å². The number of rotatable bonds is 2. The van der Waals surface area contributed by atoms with Crippen LogP contribution in [0.15, 0.2) is 36.4 Å². The summed E-state index contributed by atoms with van der Waals surface area (Å²) >= 11 is 1.28. The monoisotopic (exact) mass is 222 g/mol. The molecular formula is C10H8BFO2S. The van der Waals surface area contributed by atoms with Crippen LogP contribution in [0.5, 0.6) is 0 Å². The Hall–Kier alpha value is -1.17. The van der Waals surface area contributed by atoms with Crippen molar-refractivity contribution in [3.05, 3.63) is 42.2 Å². The molecule has 0 saturated carbocycles. The molecule has 1 aromatic carbocycles. The van der Waals surface area contributed by atoms with Crippen LogP contribution in [0.4, 0.5) is 4.39 Å². The van der Waals surface area contributed by atoms with Crippen molar-refractivity contribution in [2.75, 3.05) is 0 Å². The van der Waals surface area contributed by atoms with Crippen LogP contribution in [0, 0.1) is 5.82 Å². The number of halogens is 1. The van der Waals surface area contributed by atoms with E-state index in [-0.39, 0.29) is 5.82 Å². The second-order valence-corrected chi connectivity index (χ2v) is 4.20. The molecule has 0 unspecified atom stereocenters. The highest BCUT2D eigenvalue weighted by Crippen LogP contribution is 2.23. The van der Waals surface area contributed by atoms with Gasteiger partial charge in [-0.3, -0.25) is 0 Å². The van der Waals surface area contributed by atoms with Gasteiger partial charge in [0.2, 0.25) is 0 Å². The van der Waals surface area contributed by atoms with Crippen LogP contribution < -0.4 is 4.78 Å². The minimum Gasteiger partial charge on any atom is -0.423 e. The Morgan fingerprint density at radius 2 is 1.67 bits per heavy atom. The Kier molecular flexibility index (Phi) is 2.86. The molecule has 0 fully saturated rings. The fraction of sp³-hybridized carbons (Fsp3) is 0. The summed E-state index contributed by atoms with van der Waals surface area (Å²) < 4.78 is 13.1. The first-order valence-electron chi connectivity index (χ1n) is 4.38. The molecule has 15 heavy (non-hydrogen) atoms. The molecule has 76 valence electrons. The highest BCUT2D eigenvalue weighted by molar-refractivity contribution is 7.24. The summed E-state index contributed by atoms with van der Waals surface area (Å²) in [6.07, 6.45) is 0. The van der Waals surface area contributed by atoms with Gasteiger partial charge in [-0.25, -0.2) is 4.39 Å². The lowest BCUT2D eigenvalue weighted by Crippen LogP contribution is -2.26. The Morgan fingerprint density at radius 1 is 1.00 bits per heavy atom. The molecule has 0 radical (unpaired) electrons. The Labute approximate surface area is 90.8 Å². The normalized spacial score (nSPS) is 10.3. The first-order chi connectivity index (χ1) is 7.16. The van der Waals surface area contributed by atoms with Crippen molar-refractivity contribution in [1.29, 1.82) is 0 Å². The summed E-state index contributed by atoms with van der Waals surface area (Å²) in [5.74, 6) is -0.280. The molecule has 0 atom stereocenters. The zero-order valence-electron chi connectivity index (χ0n) is 7.72. The van der Waals surface area contributed by atoms with Gasteiger partial charge in [0.1, 0.15) is 5.82 Å². The molecule has 0 aliphatic carbocycles. The molecule has 0 amide bonds. The zero-order chi connectivity index (χ0) is 10.8. The van der Waals surface area contributed by atoms with Gasteiger partial charge in [-0.2, -0.15) is 0 Å². The highest BCUT2D eigenvalue weighted by Gasteiger charge is 2.14. The van der Waals surface area contributed by atoms with E-state index in [1.54, 1.807) is 24.3 Å². The highest BCUT2D eigenvalue weighted by atomic mass is 32.1. The molecule has 1 heterocycles. The standard InChI is InChI=1S/C10H8BFO2S/c12-8-3-1-7(2-4-8)9-5-6-10(15-9)11(13)14/h1-6,13-14H. The quantitative estimate of drug-likeness (QED) is 0.750. The predicted molar refractivity (Wildman–Crippen MR) is 59.5 cm³/mol. The van der Waals surface area contributed by atoms with Gasteiger partial charge < -0.3 is 10.0 Å². The molecule has 5 heteroatoms. The third-order valence-electron chi connectivity index (χ3n) is 2.01. The van der Waals surface area contributed by atoms with Crippen molar-refractivity contribution in [2.24, 2.45) is 0 Å². The van der Waals surface area contributed by atoms with Crippen LogP contribution in [0.25, 0.3) is 10.4 Å². The van der Waals surface area contributed by atoms with Crippen LogP contribution in [0.3, 0.4) is 0 Å². The van der Waals surface area contributed by atoms with E-state index in [4.69, 9.17) is 10.0 Å². The molecule has 0 aliphatic heterocycles. The van der Waals surface area contributed by atoms with Gasteiger partial charge in [-0.1, -0.05) is 18.2 Å². The van der Waals surface area contributed by atoms with Crippen LogP contribution in [-0.4, -0.2) is 17.2 Å². The van der Waals surface area contributed by atoms with Gasteiger partial charge in [0.25, 0.3) is 0 Å². The van der Waals surface area contributed by atoms with Crippen LogP contribution >= 0.6 is 11.3 Å². The summed E-state index contributed by atoms with van der Waals surface area (Å²) in [5.41, 5.74) is 0.869. The number of hydrogen-bond acceptors (Lipinski definition) is 3. The maximum Gasteiger partial charge on any atom is 0.499 e. The molecule has 2 N–H and O–H groups in total. The van der Waals surface area contributed by atoms with E-state index >= 15 is 0 Å². The minimum absolute atomic E-state index is 0.280. The van der Waals surface area contributed by atoms with Gasteiger partial charge in [0, 0.05) is 9.65 Å². The van der Waals surface area contributed by atoms with Crippen molar-refractivity contribution in [3.8, 4) is 10.4 Å². The van der Waals surface area contributed by atoms with Crippen LogP contribution in [-0.2, 0) is 0 Å². The first-order valence-corrected chi connectivity index (χ1v) is 5.20. The molecule has 1 aromatic heterocycles. The van der Waals surface area contributed by atoms with Crippen molar-refractivity contribution in [3.63, 3.8) is 0 Å². The lowest BCUT2D eigenvalue weighted by molar-refractivity contribution is 0.427. The van der Waals surface area contributed by atoms with E-state index < -0.39 is 7.12 Å². The molecule has 0 spiro atoms. The average Bonchev–Trinajstić information content (AvgIpc) is 2.68. The zero-order valence-corrected chi connectivity index (χ0v) is 8.54. The lowest BCUT2D eigenvalue weighted by atomic mass is 9.90. The largest absolute Gasteiger partial charge is 0.499 e.